The summed E-state index contributed by atoms with van der Waals surface area (Å²) in [5, 5.41) is 21.1. The minimum absolute atomic E-state index is 0.00123. The number of aromatic carboxylic acids is 1. The molecule has 1 aromatic rings. The van der Waals surface area contributed by atoms with Crippen LogP contribution in [-0.4, -0.2) is 40.9 Å². The fraction of sp³-hybridized carbons (Fsp3) is 0.500. The molecule has 3 N–H and O–H groups in total. The van der Waals surface area contributed by atoms with Gasteiger partial charge < -0.3 is 20.3 Å². The maximum atomic E-state index is 10.8. The average molecular weight is 254 g/mol. The van der Waals surface area contributed by atoms with Crippen LogP contribution in [-0.2, 0) is 17.9 Å². The minimum atomic E-state index is -1.06. The number of aliphatic hydroxyl groups is 1. The molecular formula is C12H18N2O4. The maximum absolute atomic E-state index is 10.8. The quantitative estimate of drug-likeness (QED) is 0.652. The van der Waals surface area contributed by atoms with E-state index < -0.39 is 12.1 Å². The first-order valence-corrected chi connectivity index (χ1v) is 5.63. The molecule has 0 aromatic carbocycles. The number of pyridine rings is 1. The third kappa shape index (κ3) is 4.40. The summed E-state index contributed by atoms with van der Waals surface area (Å²) in [5.41, 5.74) is 1.65. The van der Waals surface area contributed by atoms with Crippen molar-refractivity contribution < 1.29 is 19.7 Å². The first-order valence-electron chi connectivity index (χ1n) is 5.63. The lowest BCUT2D eigenvalue weighted by Gasteiger charge is -2.11. The summed E-state index contributed by atoms with van der Waals surface area (Å²) >= 11 is 0. The molecule has 0 aliphatic rings. The Balaban J connectivity index is 2.79. The Bertz CT molecular complexity index is 407. The molecule has 0 aliphatic carbocycles. The van der Waals surface area contributed by atoms with Crippen LogP contribution >= 0.6 is 0 Å². The van der Waals surface area contributed by atoms with Crippen LogP contribution in [0.3, 0.4) is 0 Å². The van der Waals surface area contributed by atoms with E-state index >= 15 is 0 Å². The number of rotatable bonds is 7. The zero-order chi connectivity index (χ0) is 13.5. The highest BCUT2D eigenvalue weighted by Crippen LogP contribution is 2.11. The number of carboxylic acid groups (broad SMARTS) is 1. The molecule has 1 atom stereocenters. The van der Waals surface area contributed by atoms with Crippen molar-refractivity contribution in [2.75, 3.05) is 13.7 Å². The van der Waals surface area contributed by atoms with Crippen LogP contribution in [0.2, 0.25) is 0 Å². The Kier molecular flexibility index (Phi) is 5.70. The van der Waals surface area contributed by atoms with Gasteiger partial charge in [-0.15, -0.1) is 0 Å². The van der Waals surface area contributed by atoms with Gasteiger partial charge in [0.2, 0.25) is 0 Å². The summed E-state index contributed by atoms with van der Waals surface area (Å²) in [6.07, 6.45) is 1.09. The fourth-order valence-electron chi connectivity index (χ4n) is 1.51. The van der Waals surface area contributed by atoms with E-state index in [-0.39, 0.29) is 5.69 Å². The average Bonchev–Trinajstić information content (AvgIpc) is 2.30. The zero-order valence-corrected chi connectivity index (χ0v) is 10.5. The molecule has 0 aliphatic heterocycles. The first-order chi connectivity index (χ1) is 8.54. The van der Waals surface area contributed by atoms with Crippen LogP contribution in [0.15, 0.2) is 12.3 Å². The van der Waals surface area contributed by atoms with Crippen molar-refractivity contribution in [1.82, 2.24) is 10.3 Å². The maximum Gasteiger partial charge on any atom is 0.354 e. The van der Waals surface area contributed by atoms with E-state index in [2.05, 4.69) is 10.3 Å². The van der Waals surface area contributed by atoms with Crippen molar-refractivity contribution in [3.63, 3.8) is 0 Å². The van der Waals surface area contributed by atoms with E-state index in [1.54, 1.807) is 14.0 Å². The molecular weight excluding hydrogens is 236 g/mol. The van der Waals surface area contributed by atoms with E-state index in [4.69, 9.17) is 14.9 Å². The molecule has 1 aromatic heterocycles. The van der Waals surface area contributed by atoms with Gasteiger partial charge >= 0.3 is 5.97 Å². The minimum Gasteiger partial charge on any atom is -0.477 e. The van der Waals surface area contributed by atoms with Gasteiger partial charge in [0.05, 0.1) is 12.7 Å². The van der Waals surface area contributed by atoms with Gasteiger partial charge in [0, 0.05) is 26.4 Å². The van der Waals surface area contributed by atoms with Crippen LogP contribution in [0, 0.1) is 0 Å². The molecule has 0 spiro atoms. The van der Waals surface area contributed by atoms with Crippen molar-refractivity contribution in [3.8, 4) is 0 Å². The third-order valence-corrected chi connectivity index (χ3v) is 2.36. The number of methoxy groups -OCH3 is 1. The molecule has 0 bridgehead atoms. The molecule has 0 saturated heterocycles. The Hall–Kier alpha value is -1.50. The lowest BCUT2D eigenvalue weighted by molar-refractivity contribution is 0.0690. The molecule has 6 heteroatoms. The van der Waals surface area contributed by atoms with Crippen molar-refractivity contribution in [3.05, 3.63) is 29.1 Å². The highest BCUT2D eigenvalue weighted by molar-refractivity contribution is 5.85. The molecule has 6 nitrogen and oxygen atoms in total. The van der Waals surface area contributed by atoms with Gasteiger partial charge in [-0.2, -0.15) is 0 Å². The summed E-state index contributed by atoms with van der Waals surface area (Å²) in [5.74, 6) is -1.06. The highest BCUT2D eigenvalue weighted by Gasteiger charge is 2.10. The van der Waals surface area contributed by atoms with Gasteiger partial charge in [0.15, 0.2) is 0 Å². The molecule has 0 radical (unpaired) electrons. The van der Waals surface area contributed by atoms with Crippen molar-refractivity contribution in [2.24, 2.45) is 0 Å². The van der Waals surface area contributed by atoms with Crippen molar-refractivity contribution in [2.45, 2.75) is 26.2 Å². The van der Waals surface area contributed by atoms with E-state index in [1.165, 1.54) is 12.3 Å². The van der Waals surface area contributed by atoms with Crippen LogP contribution in [0.25, 0.3) is 0 Å². The summed E-state index contributed by atoms with van der Waals surface area (Å²) in [6.45, 7) is 2.99. The van der Waals surface area contributed by atoms with Crippen LogP contribution in [0.1, 0.15) is 28.5 Å². The third-order valence-electron chi connectivity index (χ3n) is 2.36. The SMILES string of the molecule is COCc1cc(C(=O)O)ncc1CNCC(C)O. The van der Waals surface area contributed by atoms with Crippen molar-refractivity contribution >= 4 is 5.97 Å². The van der Waals surface area contributed by atoms with Gasteiger partial charge in [-0.3, -0.25) is 0 Å². The number of nitrogens with one attached hydrogen (secondary N) is 1. The molecule has 1 heterocycles. The molecule has 0 amide bonds. The molecule has 0 saturated carbocycles. The standard InChI is InChI=1S/C12H18N2O4/c1-8(15)4-13-5-10-6-14-11(12(16)17)3-9(10)7-18-2/h3,6,8,13,15H,4-5,7H2,1-2H3,(H,16,17). The molecule has 0 fully saturated rings. The number of hydrogen-bond acceptors (Lipinski definition) is 5. The molecule has 1 unspecified atom stereocenters. The van der Waals surface area contributed by atoms with E-state index in [0.29, 0.717) is 19.7 Å². The largest absolute Gasteiger partial charge is 0.477 e. The number of carboxylic acids is 1. The van der Waals surface area contributed by atoms with Crippen LogP contribution in [0.5, 0.6) is 0 Å². The summed E-state index contributed by atoms with van der Waals surface area (Å²) in [4.78, 5) is 14.7. The first kappa shape index (κ1) is 14.6. The summed E-state index contributed by atoms with van der Waals surface area (Å²) in [6, 6.07) is 1.51. The van der Waals surface area contributed by atoms with E-state index in [9.17, 15) is 4.79 Å². The fourth-order valence-corrected chi connectivity index (χ4v) is 1.51. The van der Waals surface area contributed by atoms with Gasteiger partial charge in [0.1, 0.15) is 5.69 Å². The van der Waals surface area contributed by atoms with Crippen molar-refractivity contribution in [1.29, 1.82) is 0 Å². The van der Waals surface area contributed by atoms with Crippen LogP contribution in [0.4, 0.5) is 0 Å². The Labute approximate surface area is 106 Å². The molecule has 1 rings (SSSR count). The number of nitrogens with zero attached hydrogens (tertiary/aromatic N) is 1. The second-order valence-electron chi connectivity index (χ2n) is 4.06. The van der Waals surface area contributed by atoms with Gasteiger partial charge in [-0.25, -0.2) is 9.78 Å². The zero-order valence-electron chi connectivity index (χ0n) is 10.5. The molecule has 100 valence electrons. The number of carbonyl (C=O) groups is 1. The lowest BCUT2D eigenvalue weighted by atomic mass is 10.1. The normalized spacial score (nSPS) is 12.4. The second kappa shape index (κ2) is 7.05. The van der Waals surface area contributed by atoms with Gasteiger partial charge in [0.25, 0.3) is 0 Å². The second-order valence-corrected chi connectivity index (χ2v) is 4.06. The molecule has 18 heavy (non-hydrogen) atoms. The van der Waals surface area contributed by atoms with Gasteiger partial charge in [-0.1, -0.05) is 0 Å². The van der Waals surface area contributed by atoms with Crippen LogP contribution < -0.4 is 5.32 Å². The summed E-state index contributed by atoms with van der Waals surface area (Å²) in [7, 11) is 1.55. The topological polar surface area (TPSA) is 91.7 Å². The lowest BCUT2D eigenvalue weighted by Crippen LogP contribution is -2.24. The highest BCUT2D eigenvalue weighted by atomic mass is 16.5. The monoisotopic (exact) mass is 254 g/mol. The Morgan fingerprint density at radius 3 is 2.83 bits per heavy atom. The number of aliphatic hydroxyl groups excluding tert-OH is 1. The predicted molar refractivity (Wildman–Crippen MR) is 65.3 cm³/mol. The van der Waals surface area contributed by atoms with E-state index in [1.807, 2.05) is 0 Å². The number of hydrogen-bond donors (Lipinski definition) is 3. The number of ether oxygens (including phenoxy) is 1. The number of aromatic nitrogens is 1. The summed E-state index contributed by atoms with van der Waals surface area (Å²) < 4.78 is 5.03. The Morgan fingerprint density at radius 1 is 1.56 bits per heavy atom. The smallest absolute Gasteiger partial charge is 0.354 e. The predicted octanol–water partition coefficient (Wildman–Crippen LogP) is 0.397. The van der Waals surface area contributed by atoms with Gasteiger partial charge in [-0.05, 0) is 24.1 Å². The van der Waals surface area contributed by atoms with E-state index in [0.717, 1.165) is 11.1 Å². The Morgan fingerprint density at radius 2 is 2.28 bits per heavy atom.